The maximum absolute atomic E-state index is 13.6. The van der Waals surface area contributed by atoms with E-state index in [1.165, 1.54) is 17.0 Å². The lowest BCUT2D eigenvalue weighted by molar-refractivity contribution is -0.130. The molecular weight excluding hydrogens is 233 g/mol. The smallest absolute Gasteiger partial charge is 0.257 e. The molecule has 0 spiro atoms. The van der Waals surface area contributed by atoms with Crippen LogP contribution in [0.2, 0.25) is 0 Å². The SMILES string of the molecule is CC1(C)C(=O)CCCN1C(=O)c1ccccc1F. The summed E-state index contributed by atoms with van der Waals surface area (Å²) in [7, 11) is 0. The van der Waals surface area contributed by atoms with Crippen LogP contribution < -0.4 is 0 Å². The summed E-state index contributed by atoms with van der Waals surface area (Å²) in [5.74, 6) is -0.930. The lowest BCUT2D eigenvalue weighted by Crippen LogP contribution is -2.56. The molecule has 1 fully saturated rings. The highest BCUT2D eigenvalue weighted by Crippen LogP contribution is 2.26. The normalized spacial score (nSPS) is 18.8. The largest absolute Gasteiger partial charge is 0.326 e. The van der Waals surface area contributed by atoms with E-state index in [9.17, 15) is 14.0 Å². The van der Waals surface area contributed by atoms with E-state index in [-0.39, 0.29) is 11.3 Å². The number of nitrogens with zero attached hydrogens (tertiary/aromatic N) is 1. The number of hydrogen-bond donors (Lipinski definition) is 0. The Kier molecular flexibility index (Phi) is 3.20. The number of likely N-dealkylation sites (tertiary alicyclic amines) is 1. The van der Waals surface area contributed by atoms with Crippen molar-refractivity contribution >= 4 is 11.7 Å². The molecule has 18 heavy (non-hydrogen) atoms. The summed E-state index contributed by atoms with van der Waals surface area (Å²) in [4.78, 5) is 25.6. The number of amides is 1. The van der Waals surface area contributed by atoms with Crippen molar-refractivity contribution in [2.45, 2.75) is 32.2 Å². The van der Waals surface area contributed by atoms with E-state index in [1.54, 1.807) is 26.0 Å². The van der Waals surface area contributed by atoms with Gasteiger partial charge in [0.2, 0.25) is 0 Å². The van der Waals surface area contributed by atoms with E-state index in [2.05, 4.69) is 0 Å². The minimum absolute atomic E-state index is 0.0263. The molecule has 0 aliphatic carbocycles. The first-order valence-corrected chi connectivity index (χ1v) is 6.04. The number of rotatable bonds is 1. The zero-order valence-electron chi connectivity index (χ0n) is 10.6. The predicted molar refractivity (Wildman–Crippen MR) is 65.8 cm³/mol. The molecule has 0 bridgehead atoms. The lowest BCUT2D eigenvalue weighted by atomic mass is 9.88. The molecule has 0 N–H and O–H groups in total. The van der Waals surface area contributed by atoms with Gasteiger partial charge in [-0.15, -0.1) is 0 Å². The Morgan fingerprint density at radius 1 is 1.33 bits per heavy atom. The van der Waals surface area contributed by atoms with Gasteiger partial charge in [-0.1, -0.05) is 12.1 Å². The topological polar surface area (TPSA) is 37.4 Å². The van der Waals surface area contributed by atoms with Crippen LogP contribution in [0, 0.1) is 5.82 Å². The maximum atomic E-state index is 13.6. The highest BCUT2D eigenvalue weighted by molar-refractivity contribution is 6.00. The number of piperidine rings is 1. The van der Waals surface area contributed by atoms with Gasteiger partial charge in [-0.05, 0) is 32.4 Å². The van der Waals surface area contributed by atoms with Crippen molar-refractivity contribution in [1.29, 1.82) is 0 Å². The molecule has 0 radical (unpaired) electrons. The number of Topliss-reactive ketones (excluding diaryl/α,β-unsaturated/α-hetero) is 1. The van der Waals surface area contributed by atoms with Gasteiger partial charge in [0.1, 0.15) is 5.82 Å². The van der Waals surface area contributed by atoms with Crippen molar-refractivity contribution in [3.63, 3.8) is 0 Å². The molecule has 0 atom stereocenters. The highest BCUT2D eigenvalue weighted by atomic mass is 19.1. The molecule has 96 valence electrons. The standard InChI is InChI=1S/C14H16FNO2/c1-14(2)12(17)8-5-9-16(14)13(18)10-6-3-4-7-11(10)15/h3-4,6-7H,5,8-9H2,1-2H3. The van der Waals surface area contributed by atoms with Crippen LogP contribution in [-0.4, -0.2) is 28.7 Å². The van der Waals surface area contributed by atoms with E-state index < -0.39 is 17.3 Å². The molecule has 0 unspecified atom stereocenters. The van der Waals surface area contributed by atoms with Crippen LogP contribution in [0.4, 0.5) is 4.39 Å². The number of carbonyl (C=O) groups excluding carboxylic acids is 2. The van der Waals surface area contributed by atoms with E-state index in [1.807, 2.05) is 0 Å². The van der Waals surface area contributed by atoms with Gasteiger partial charge < -0.3 is 4.90 Å². The molecule has 0 aromatic heterocycles. The van der Waals surface area contributed by atoms with Gasteiger partial charge in [0.05, 0.1) is 11.1 Å². The second-order valence-corrected chi connectivity index (χ2v) is 5.02. The Balaban J connectivity index is 2.34. The maximum Gasteiger partial charge on any atom is 0.257 e. The fraction of sp³-hybridized carbons (Fsp3) is 0.429. The second-order valence-electron chi connectivity index (χ2n) is 5.02. The number of ketones is 1. The van der Waals surface area contributed by atoms with Gasteiger partial charge in [-0.25, -0.2) is 4.39 Å². The highest BCUT2D eigenvalue weighted by Gasteiger charge is 2.40. The van der Waals surface area contributed by atoms with Crippen LogP contribution in [-0.2, 0) is 4.79 Å². The summed E-state index contributed by atoms with van der Waals surface area (Å²) in [5, 5.41) is 0. The molecule has 1 aromatic carbocycles. The predicted octanol–water partition coefficient (Wildman–Crippen LogP) is 2.41. The first-order chi connectivity index (χ1) is 8.44. The number of hydrogen-bond acceptors (Lipinski definition) is 2. The van der Waals surface area contributed by atoms with Crippen LogP contribution in [0.15, 0.2) is 24.3 Å². The zero-order valence-corrected chi connectivity index (χ0v) is 10.6. The first-order valence-electron chi connectivity index (χ1n) is 6.04. The Labute approximate surface area is 106 Å². The summed E-state index contributed by atoms with van der Waals surface area (Å²) in [6.07, 6.45) is 1.12. The van der Waals surface area contributed by atoms with E-state index in [0.717, 1.165) is 0 Å². The van der Waals surface area contributed by atoms with E-state index >= 15 is 0 Å². The first kappa shape index (κ1) is 12.7. The van der Waals surface area contributed by atoms with E-state index in [0.29, 0.717) is 19.4 Å². The molecule has 1 saturated heterocycles. The molecule has 1 amide bonds. The van der Waals surface area contributed by atoms with Crippen LogP contribution in [0.5, 0.6) is 0 Å². The van der Waals surface area contributed by atoms with E-state index in [4.69, 9.17) is 0 Å². The van der Waals surface area contributed by atoms with Crippen molar-refractivity contribution in [3.8, 4) is 0 Å². The van der Waals surface area contributed by atoms with Crippen molar-refractivity contribution in [2.75, 3.05) is 6.54 Å². The number of benzene rings is 1. The Hall–Kier alpha value is -1.71. The molecule has 1 heterocycles. The number of carbonyl (C=O) groups is 2. The van der Waals surface area contributed by atoms with Crippen molar-refractivity contribution in [2.24, 2.45) is 0 Å². The quantitative estimate of drug-likeness (QED) is 0.766. The molecular formula is C14H16FNO2. The Bertz CT molecular complexity index is 496. The van der Waals surface area contributed by atoms with Gasteiger partial charge in [0.15, 0.2) is 5.78 Å². The summed E-state index contributed by atoms with van der Waals surface area (Å²) >= 11 is 0. The third-order valence-electron chi connectivity index (χ3n) is 3.49. The third-order valence-corrected chi connectivity index (χ3v) is 3.49. The fourth-order valence-electron chi connectivity index (χ4n) is 2.27. The van der Waals surface area contributed by atoms with Crippen molar-refractivity contribution < 1.29 is 14.0 Å². The van der Waals surface area contributed by atoms with Gasteiger partial charge in [0.25, 0.3) is 5.91 Å². The van der Waals surface area contributed by atoms with Gasteiger partial charge >= 0.3 is 0 Å². The Morgan fingerprint density at radius 3 is 2.67 bits per heavy atom. The summed E-state index contributed by atoms with van der Waals surface area (Å²) in [5.41, 5.74) is -0.822. The molecule has 2 rings (SSSR count). The summed E-state index contributed by atoms with van der Waals surface area (Å²) in [6, 6.07) is 5.87. The Morgan fingerprint density at radius 2 is 2.00 bits per heavy atom. The van der Waals surface area contributed by atoms with Gasteiger partial charge in [0, 0.05) is 13.0 Å². The summed E-state index contributed by atoms with van der Waals surface area (Å²) < 4.78 is 13.6. The van der Waals surface area contributed by atoms with Crippen LogP contribution in [0.25, 0.3) is 0 Å². The lowest BCUT2D eigenvalue weighted by Gasteiger charge is -2.41. The van der Waals surface area contributed by atoms with Crippen LogP contribution in [0.1, 0.15) is 37.0 Å². The average Bonchev–Trinajstić information content (AvgIpc) is 2.32. The van der Waals surface area contributed by atoms with Gasteiger partial charge in [-0.3, -0.25) is 9.59 Å². The van der Waals surface area contributed by atoms with Crippen molar-refractivity contribution in [3.05, 3.63) is 35.6 Å². The average molecular weight is 249 g/mol. The molecule has 0 saturated carbocycles. The second kappa shape index (κ2) is 4.52. The molecule has 1 aliphatic heterocycles. The number of halogens is 1. The van der Waals surface area contributed by atoms with Gasteiger partial charge in [-0.2, -0.15) is 0 Å². The van der Waals surface area contributed by atoms with Crippen LogP contribution >= 0.6 is 0 Å². The minimum atomic E-state index is -0.850. The fourth-order valence-corrected chi connectivity index (χ4v) is 2.27. The minimum Gasteiger partial charge on any atom is -0.326 e. The zero-order chi connectivity index (χ0) is 13.3. The third kappa shape index (κ3) is 2.03. The molecule has 1 aliphatic rings. The monoisotopic (exact) mass is 249 g/mol. The molecule has 3 nitrogen and oxygen atoms in total. The summed E-state index contributed by atoms with van der Waals surface area (Å²) in [6.45, 7) is 3.92. The van der Waals surface area contributed by atoms with Crippen molar-refractivity contribution in [1.82, 2.24) is 4.90 Å². The van der Waals surface area contributed by atoms with Crippen LogP contribution in [0.3, 0.4) is 0 Å². The molecule has 4 heteroatoms. The molecule has 1 aromatic rings.